The van der Waals surface area contributed by atoms with Gasteiger partial charge in [0.1, 0.15) is 17.5 Å². The van der Waals surface area contributed by atoms with Crippen molar-refractivity contribution in [3.05, 3.63) is 23.5 Å². The topological polar surface area (TPSA) is 42.4 Å². The first-order chi connectivity index (χ1) is 13.1. The maximum Gasteiger partial charge on any atom is 0.229 e. The van der Waals surface area contributed by atoms with Crippen molar-refractivity contribution in [1.82, 2.24) is 9.88 Å². The lowest BCUT2D eigenvalue weighted by molar-refractivity contribution is -0.142. The fourth-order valence-electron chi connectivity index (χ4n) is 5.63. The molecule has 1 aromatic heterocycles. The Labute approximate surface area is 158 Å². The number of hydrogen-bond acceptors (Lipinski definition) is 3. The van der Waals surface area contributed by atoms with Crippen LogP contribution in [0.4, 0.5) is 4.39 Å². The van der Waals surface area contributed by atoms with Gasteiger partial charge in [-0.25, -0.2) is 4.39 Å². The van der Waals surface area contributed by atoms with E-state index in [0.717, 1.165) is 23.3 Å². The molecule has 1 aromatic rings. The molecule has 4 nitrogen and oxygen atoms in total. The minimum absolute atomic E-state index is 0.00432. The number of likely N-dealkylation sites (tertiary alicyclic amines) is 1. The summed E-state index contributed by atoms with van der Waals surface area (Å²) in [4.78, 5) is 19.8. The van der Waals surface area contributed by atoms with Crippen LogP contribution in [-0.4, -0.2) is 34.1 Å². The van der Waals surface area contributed by atoms with Crippen LogP contribution in [0.25, 0.3) is 0 Å². The van der Waals surface area contributed by atoms with E-state index in [-0.39, 0.29) is 18.1 Å². The number of hydrogen-bond donors (Lipinski definition) is 0. The van der Waals surface area contributed by atoms with E-state index in [1.807, 2.05) is 11.1 Å². The molecular weight excluding hydrogens is 343 g/mol. The van der Waals surface area contributed by atoms with Crippen LogP contribution in [0.15, 0.2) is 12.4 Å². The number of nitrogens with zero attached hydrogens (tertiary/aromatic N) is 2. The normalized spacial score (nSPS) is 38.2. The average molecular weight is 366 g/mol. The molecule has 1 saturated heterocycles. The van der Waals surface area contributed by atoms with Crippen LogP contribution in [0.3, 0.4) is 0 Å². The van der Waals surface area contributed by atoms with Crippen molar-refractivity contribution in [1.29, 1.82) is 0 Å². The minimum atomic E-state index is -1.11. The van der Waals surface area contributed by atoms with Gasteiger partial charge in [0.2, 0.25) is 5.91 Å². The van der Waals surface area contributed by atoms with Crippen molar-refractivity contribution in [3.8, 4) is 17.6 Å². The average Bonchev–Trinajstić information content (AvgIpc) is 3.23. The second-order valence-electron chi connectivity index (χ2n) is 9.21. The molecule has 0 N–H and O–H groups in total. The van der Waals surface area contributed by atoms with Crippen molar-refractivity contribution in [2.24, 2.45) is 11.3 Å². The Morgan fingerprint density at radius 1 is 1.26 bits per heavy atom. The molecule has 5 aliphatic rings. The molecule has 3 saturated carbocycles. The molecule has 27 heavy (non-hydrogen) atoms. The smallest absolute Gasteiger partial charge is 0.229 e. The number of pyridine rings is 1. The number of fused-ring (bicyclic) bond motifs is 6. The summed E-state index contributed by atoms with van der Waals surface area (Å²) in [5.74, 6) is 7.99. The van der Waals surface area contributed by atoms with Gasteiger partial charge in [-0.2, -0.15) is 0 Å². The molecule has 3 aliphatic carbocycles. The summed E-state index contributed by atoms with van der Waals surface area (Å²) < 4.78 is 20.9. The van der Waals surface area contributed by atoms with Gasteiger partial charge in [0, 0.05) is 30.3 Å². The van der Waals surface area contributed by atoms with Crippen LogP contribution in [0, 0.1) is 23.2 Å². The van der Waals surface area contributed by atoms with E-state index < -0.39 is 11.1 Å². The highest BCUT2D eigenvalue weighted by atomic mass is 19.1. The minimum Gasteiger partial charge on any atom is -0.487 e. The lowest BCUT2D eigenvalue weighted by atomic mass is 9.82. The van der Waals surface area contributed by atoms with Crippen molar-refractivity contribution in [2.75, 3.05) is 6.54 Å². The first-order valence-electron chi connectivity index (χ1n) is 10.2. The summed E-state index contributed by atoms with van der Waals surface area (Å²) in [6, 6.07) is -0.00832. The lowest BCUT2D eigenvalue weighted by Crippen LogP contribution is -2.41. The Kier molecular flexibility index (Phi) is 3.09. The molecule has 0 unspecified atom stereocenters. The summed E-state index contributed by atoms with van der Waals surface area (Å²) in [7, 11) is 0. The van der Waals surface area contributed by atoms with E-state index in [9.17, 15) is 9.18 Å². The number of amides is 1. The number of rotatable bonds is 1. The van der Waals surface area contributed by atoms with Crippen molar-refractivity contribution < 1.29 is 13.9 Å². The SMILES string of the molecule is O=C(N1C[C@@H]2C[C@H]1c1cncc(C#CC3CC3)c1O2)C12CCC(F)(CC1)C2. The predicted octanol–water partition coefficient (Wildman–Crippen LogP) is 3.55. The fraction of sp³-hybridized carbons (Fsp3) is 0.636. The molecule has 4 fully saturated rings. The van der Waals surface area contributed by atoms with Crippen molar-refractivity contribution in [2.45, 2.75) is 69.2 Å². The molecule has 2 atom stereocenters. The van der Waals surface area contributed by atoms with Gasteiger partial charge in [0.25, 0.3) is 0 Å². The fourth-order valence-corrected chi connectivity index (χ4v) is 5.63. The van der Waals surface area contributed by atoms with Gasteiger partial charge in [0.05, 0.1) is 23.6 Å². The molecule has 0 aromatic carbocycles. The van der Waals surface area contributed by atoms with E-state index >= 15 is 0 Å². The maximum absolute atomic E-state index is 14.7. The third kappa shape index (κ3) is 2.35. The monoisotopic (exact) mass is 366 g/mol. The van der Waals surface area contributed by atoms with E-state index in [4.69, 9.17) is 4.74 Å². The van der Waals surface area contributed by atoms with E-state index in [1.165, 1.54) is 12.8 Å². The van der Waals surface area contributed by atoms with Crippen LogP contribution in [0.5, 0.6) is 5.75 Å². The Morgan fingerprint density at radius 3 is 2.78 bits per heavy atom. The van der Waals surface area contributed by atoms with Gasteiger partial charge in [-0.05, 0) is 44.9 Å². The van der Waals surface area contributed by atoms with Gasteiger partial charge >= 0.3 is 0 Å². The van der Waals surface area contributed by atoms with Gasteiger partial charge in [-0.15, -0.1) is 0 Å². The number of carbonyl (C=O) groups is 1. The molecular formula is C22H23FN2O2. The Balaban J connectivity index is 1.33. The highest BCUT2D eigenvalue weighted by Gasteiger charge is 2.61. The van der Waals surface area contributed by atoms with Crippen LogP contribution in [-0.2, 0) is 4.79 Å². The second-order valence-corrected chi connectivity index (χ2v) is 9.21. The zero-order valence-corrected chi connectivity index (χ0v) is 15.3. The molecule has 5 heteroatoms. The van der Waals surface area contributed by atoms with Crippen LogP contribution in [0.1, 0.15) is 68.5 Å². The number of halogens is 1. The van der Waals surface area contributed by atoms with Crippen LogP contribution < -0.4 is 4.74 Å². The third-order valence-electron chi connectivity index (χ3n) is 7.29. The van der Waals surface area contributed by atoms with Gasteiger partial charge in [0.15, 0.2) is 0 Å². The second kappa shape index (κ2) is 5.25. The van der Waals surface area contributed by atoms with Gasteiger partial charge < -0.3 is 9.64 Å². The van der Waals surface area contributed by atoms with Crippen molar-refractivity contribution >= 4 is 5.91 Å². The van der Waals surface area contributed by atoms with Gasteiger partial charge in [-0.3, -0.25) is 9.78 Å². The molecule has 4 bridgehead atoms. The Hall–Kier alpha value is -2.09. The molecule has 3 heterocycles. The molecule has 2 aliphatic heterocycles. The molecule has 0 spiro atoms. The Bertz CT molecular complexity index is 889. The molecule has 0 radical (unpaired) electrons. The maximum atomic E-state index is 14.7. The molecule has 6 rings (SSSR count). The van der Waals surface area contributed by atoms with Crippen molar-refractivity contribution in [3.63, 3.8) is 0 Å². The number of carbonyl (C=O) groups excluding carboxylic acids is 1. The number of ether oxygens (including phenoxy) is 1. The van der Waals surface area contributed by atoms with Crippen LogP contribution in [0.2, 0.25) is 0 Å². The first kappa shape index (κ1) is 15.9. The van der Waals surface area contributed by atoms with E-state index in [1.54, 1.807) is 6.20 Å². The molecule has 140 valence electrons. The number of alkyl halides is 1. The van der Waals surface area contributed by atoms with E-state index in [0.29, 0.717) is 44.6 Å². The largest absolute Gasteiger partial charge is 0.487 e. The number of aromatic nitrogens is 1. The zero-order chi connectivity index (χ0) is 18.2. The lowest BCUT2D eigenvalue weighted by Gasteiger charge is -2.33. The van der Waals surface area contributed by atoms with Gasteiger partial charge in [-0.1, -0.05) is 11.8 Å². The predicted molar refractivity (Wildman–Crippen MR) is 96.7 cm³/mol. The quantitative estimate of drug-likeness (QED) is 0.714. The first-order valence-corrected chi connectivity index (χ1v) is 10.2. The summed E-state index contributed by atoms with van der Waals surface area (Å²) in [5, 5.41) is 0. The standard InChI is InChI=1S/C22H23FN2O2/c23-22-7-5-21(13-22,6-8-22)20(26)25-12-16-9-18(25)17-11-24-10-15(19(17)27-16)4-3-14-1-2-14/h10-11,14,16,18H,1-2,5-9,12-13H2/t16-,18-,21?,22?/m0/s1. The summed E-state index contributed by atoms with van der Waals surface area (Å²) in [6.07, 6.45) is 9.63. The Morgan fingerprint density at radius 2 is 2.07 bits per heavy atom. The molecule has 1 amide bonds. The highest BCUT2D eigenvalue weighted by molar-refractivity contribution is 5.85. The third-order valence-corrected chi connectivity index (χ3v) is 7.29. The zero-order valence-electron chi connectivity index (χ0n) is 15.3. The highest BCUT2D eigenvalue weighted by Crippen LogP contribution is 2.60. The van der Waals surface area contributed by atoms with Crippen LogP contribution >= 0.6 is 0 Å². The summed E-state index contributed by atoms with van der Waals surface area (Å²) >= 11 is 0. The van der Waals surface area contributed by atoms with E-state index in [2.05, 4.69) is 16.8 Å². The summed E-state index contributed by atoms with van der Waals surface area (Å²) in [5.41, 5.74) is 0.222. The summed E-state index contributed by atoms with van der Waals surface area (Å²) in [6.45, 7) is 0.592.